The summed E-state index contributed by atoms with van der Waals surface area (Å²) >= 11 is 11.3. The normalized spacial score (nSPS) is 13.1. The summed E-state index contributed by atoms with van der Waals surface area (Å²) < 4.78 is 23.7. The molecule has 0 spiro atoms. The van der Waals surface area contributed by atoms with E-state index in [9.17, 15) is 18.7 Å². The molecule has 2 atom stereocenters. The van der Waals surface area contributed by atoms with Gasteiger partial charge in [0.15, 0.2) is 5.08 Å². The molecule has 0 aliphatic rings. The number of nitrogens with one attached hydrogen (secondary N) is 2. The predicted molar refractivity (Wildman–Crippen MR) is 211 cm³/mol. The van der Waals surface area contributed by atoms with Gasteiger partial charge in [0.1, 0.15) is 5.75 Å². The summed E-state index contributed by atoms with van der Waals surface area (Å²) in [6.45, 7) is 2.39. The molecule has 252 valence electrons. The van der Waals surface area contributed by atoms with Gasteiger partial charge >= 0.3 is 0 Å². The summed E-state index contributed by atoms with van der Waals surface area (Å²) in [5.74, 6) is 6.19. The number of hydrogen-bond acceptors (Lipinski definition) is 17. The van der Waals surface area contributed by atoms with Crippen LogP contribution < -0.4 is 10.6 Å². The van der Waals surface area contributed by atoms with Gasteiger partial charge in [-0.3, -0.25) is 9.59 Å². The first-order valence-corrected chi connectivity index (χ1v) is 25.6. The maximum Gasteiger partial charge on any atom is 0.279 e. The van der Waals surface area contributed by atoms with E-state index in [0.717, 1.165) is 39.6 Å². The first-order valence-electron chi connectivity index (χ1n) is 12.8. The lowest BCUT2D eigenvalue weighted by Crippen LogP contribution is -2.22. The topological polar surface area (TPSA) is 169 Å². The molecule has 0 fully saturated rings. The standard InChI is InChI=1S/C22H42N4O6S11/c27-15-36-17-38-19-41-22(30)26-4-8-33-5-1-23-13-42(31)12-11-35-9-10-40-21(29)25-3-7-34-6-2-24-14-43(32)20-39-18-37-16-28/h13-14,27-28H,1-12,15-20H2,(H,25,29)(H,26,30)/b23-13-,24-14-. The third-order valence-electron chi connectivity index (χ3n) is 4.02. The van der Waals surface area contributed by atoms with Gasteiger partial charge in [0, 0.05) is 79.8 Å². The van der Waals surface area contributed by atoms with Crippen molar-refractivity contribution in [2.45, 2.75) is 0 Å². The van der Waals surface area contributed by atoms with Crippen molar-refractivity contribution in [3.05, 3.63) is 0 Å². The molecule has 2 unspecified atom stereocenters. The fourth-order valence-corrected chi connectivity index (χ4v) is 11.9. The number of aliphatic hydroxyl groups excluding tert-OH is 2. The van der Waals surface area contributed by atoms with Crippen LogP contribution in [0, 0.1) is 0 Å². The number of nitrogens with zero attached hydrogens (tertiary/aromatic N) is 2. The zero-order valence-corrected chi connectivity index (χ0v) is 32.8. The Morgan fingerprint density at radius 2 is 1.19 bits per heavy atom. The highest BCUT2D eigenvalue weighted by molar-refractivity contribution is 8.27. The molecule has 0 aliphatic carbocycles. The molecule has 0 aromatic carbocycles. The largest absolute Gasteiger partial charge is 0.611 e. The van der Waals surface area contributed by atoms with Crippen molar-refractivity contribution in [1.29, 1.82) is 0 Å². The molecular weight excluding hydrogens is 769 g/mol. The van der Waals surface area contributed by atoms with E-state index in [0.29, 0.717) is 52.9 Å². The molecule has 2 amide bonds. The van der Waals surface area contributed by atoms with Crippen LogP contribution in [0.4, 0.5) is 9.59 Å². The van der Waals surface area contributed by atoms with Crippen molar-refractivity contribution in [1.82, 2.24) is 10.6 Å². The molecule has 0 bridgehead atoms. The Bertz CT molecular complexity index is 723. The highest BCUT2D eigenvalue weighted by atomic mass is 32.3. The van der Waals surface area contributed by atoms with Gasteiger partial charge in [0.25, 0.3) is 10.5 Å². The third kappa shape index (κ3) is 36.7. The van der Waals surface area contributed by atoms with E-state index in [4.69, 9.17) is 10.2 Å². The molecule has 0 saturated heterocycles. The molecule has 43 heavy (non-hydrogen) atoms. The van der Waals surface area contributed by atoms with Crippen LogP contribution >= 0.6 is 106 Å². The minimum atomic E-state index is -1.09. The van der Waals surface area contributed by atoms with Gasteiger partial charge in [0.05, 0.1) is 25.0 Å². The van der Waals surface area contributed by atoms with E-state index in [-0.39, 0.29) is 22.4 Å². The molecule has 0 heterocycles. The average molecular weight is 811 g/mol. The molecule has 0 aliphatic heterocycles. The second-order valence-electron chi connectivity index (χ2n) is 7.29. The molecule has 21 heteroatoms. The lowest BCUT2D eigenvalue weighted by Gasteiger charge is -2.06. The number of aliphatic hydroxyl groups is 2. The molecule has 0 saturated carbocycles. The Labute approximate surface area is 301 Å². The van der Waals surface area contributed by atoms with Crippen molar-refractivity contribution in [3.63, 3.8) is 0 Å². The first kappa shape index (κ1) is 45.0. The van der Waals surface area contributed by atoms with Crippen molar-refractivity contribution < 1.29 is 28.9 Å². The third-order valence-corrected chi connectivity index (χ3v) is 15.8. The minimum absolute atomic E-state index is 0.0340. The van der Waals surface area contributed by atoms with Crippen LogP contribution in [0.5, 0.6) is 0 Å². The Morgan fingerprint density at radius 3 is 1.81 bits per heavy atom. The minimum Gasteiger partial charge on any atom is -0.611 e. The van der Waals surface area contributed by atoms with Crippen molar-refractivity contribution in [2.24, 2.45) is 9.98 Å². The van der Waals surface area contributed by atoms with Gasteiger partial charge < -0.3 is 30.0 Å². The predicted octanol–water partition coefficient (Wildman–Crippen LogP) is 4.29. The molecule has 10 nitrogen and oxygen atoms in total. The highest BCUT2D eigenvalue weighted by Gasteiger charge is 2.06. The van der Waals surface area contributed by atoms with Crippen molar-refractivity contribution in [2.75, 3.05) is 104 Å². The molecule has 0 aromatic rings. The maximum absolute atomic E-state index is 12.0. The van der Waals surface area contributed by atoms with Crippen molar-refractivity contribution in [3.8, 4) is 0 Å². The van der Waals surface area contributed by atoms with E-state index in [1.165, 1.54) is 69.9 Å². The van der Waals surface area contributed by atoms with Gasteiger partial charge in [-0.25, -0.2) is 9.98 Å². The van der Waals surface area contributed by atoms with E-state index < -0.39 is 22.4 Å². The summed E-state index contributed by atoms with van der Waals surface area (Å²) in [5.41, 5.74) is 3.00. The van der Waals surface area contributed by atoms with Gasteiger partial charge in [-0.1, -0.05) is 35.3 Å². The monoisotopic (exact) mass is 810 g/mol. The van der Waals surface area contributed by atoms with Gasteiger partial charge in [-0.2, -0.15) is 35.3 Å². The van der Waals surface area contributed by atoms with E-state index in [1.807, 2.05) is 0 Å². The van der Waals surface area contributed by atoms with Crippen LogP contribution in [0.25, 0.3) is 0 Å². The van der Waals surface area contributed by atoms with E-state index in [2.05, 4.69) is 20.6 Å². The van der Waals surface area contributed by atoms with Gasteiger partial charge in [-0.05, 0) is 11.2 Å². The number of hydrogen-bond donors (Lipinski definition) is 4. The quantitative estimate of drug-likeness (QED) is 0.0266. The smallest absolute Gasteiger partial charge is 0.279 e. The molecule has 0 rings (SSSR count). The summed E-state index contributed by atoms with van der Waals surface area (Å²) in [6, 6.07) is 0. The summed E-state index contributed by atoms with van der Waals surface area (Å²) in [4.78, 5) is 32.0. The Hall–Kier alpha value is 1.97. The Balaban J connectivity index is 3.47. The van der Waals surface area contributed by atoms with Crippen LogP contribution in [0.2, 0.25) is 0 Å². The average Bonchev–Trinajstić information content (AvgIpc) is 2.99. The SMILES string of the molecule is O=C(NCCSCC/N=C\[S+]([O-])CSCSCO)SCCSCC[S+]([O-])/C=N\CCSCCNC(=O)SCSCSCO. The highest BCUT2D eigenvalue weighted by Crippen LogP contribution is 2.17. The van der Waals surface area contributed by atoms with Crippen LogP contribution in [0.3, 0.4) is 0 Å². The Kier molecular flexibility index (Phi) is 38.5. The second-order valence-corrected chi connectivity index (χ2v) is 21.0. The first-order chi connectivity index (χ1) is 21.0. The summed E-state index contributed by atoms with van der Waals surface area (Å²) in [7, 11) is 0. The van der Waals surface area contributed by atoms with Crippen molar-refractivity contribution >= 4 is 150 Å². The number of amides is 2. The Morgan fingerprint density at radius 1 is 0.628 bits per heavy atom. The van der Waals surface area contributed by atoms with E-state index >= 15 is 0 Å². The van der Waals surface area contributed by atoms with E-state index in [1.54, 1.807) is 47.0 Å². The molecule has 0 aromatic heterocycles. The molecular formula is C22H42N4O6S11. The maximum atomic E-state index is 12.0. The number of carbonyl (C=O) groups is 2. The number of carbonyl (C=O) groups excluding carboxylic acids is 2. The van der Waals surface area contributed by atoms with Crippen LogP contribution in [-0.4, -0.2) is 145 Å². The summed E-state index contributed by atoms with van der Waals surface area (Å²) in [5, 5.41) is 25.7. The fraction of sp³-hybridized carbons (Fsp3) is 0.818. The zero-order chi connectivity index (χ0) is 31.6. The molecule has 0 radical (unpaired) electrons. The lowest BCUT2D eigenvalue weighted by atomic mass is 10.8. The summed E-state index contributed by atoms with van der Waals surface area (Å²) in [6.07, 6.45) is 0. The zero-order valence-electron chi connectivity index (χ0n) is 23.8. The second kappa shape index (κ2) is 36.8. The number of aliphatic imine (C=N–C) groups is 2. The van der Waals surface area contributed by atoms with Crippen LogP contribution in [0.1, 0.15) is 0 Å². The van der Waals surface area contributed by atoms with Crippen LogP contribution in [-0.2, 0) is 22.4 Å². The van der Waals surface area contributed by atoms with Crippen LogP contribution in [0.15, 0.2) is 9.98 Å². The number of thioether (sulfide) groups is 9. The number of rotatable bonds is 30. The fourth-order valence-electron chi connectivity index (χ4n) is 2.22. The van der Waals surface area contributed by atoms with Gasteiger partial charge in [-0.15, -0.1) is 35.3 Å². The molecule has 4 N–H and O–H groups in total. The lowest BCUT2D eigenvalue weighted by molar-refractivity contribution is 0.260. The van der Waals surface area contributed by atoms with Gasteiger partial charge in [0.2, 0.25) is 11.1 Å².